The van der Waals surface area contributed by atoms with E-state index in [4.69, 9.17) is 4.74 Å². The van der Waals surface area contributed by atoms with E-state index in [-0.39, 0.29) is 5.78 Å². The van der Waals surface area contributed by atoms with E-state index in [2.05, 4.69) is 6.92 Å². The van der Waals surface area contributed by atoms with Gasteiger partial charge in [0.25, 0.3) is 0 Å². The lowest BCUT2D eigenvalue weighted by atomic mass is 10.0. The molecule has 0 atom stereocenters. The highest BCUT2D eigenvalue weighted by atomic mass is 16.5. The number of ether oxygens (including phenoxy) is 1. The molecule has 0 fully saturated rings. The molecule has 0 bridgehead atoms. The van der Waals surface area contributed by atoms with E-state index in [0.29, 0.717) is 13.0 Å². The van der Waals surface area contributed by atoms with Crippen molar-refractivity contribution in [3.8, 4) is 5.75 Å². The van der Waals surface area contributed by atoms with Crippen LogP contribution in [0.2, 0.25) is 0 Å². The van der Waals surface area contributed by atoms with Crippen LogP contribution in [0.25, 0.3) is 0 Å². The highest BCUT2D eigenvalue weighted by Gasteiger charge is 2.12. The molecule has 2 nitrogen and oxygen atoms in total. The lowest BCUT2D eigenvalue weighted by Crippen LogP contribution is -2.04. The van der Waals surface area contributed by atoms with Gasteiger partial charge in [0.1, 0.15) is 5.75 Å². The average Bonchev–Trinajstić information content (AvgIpc) is 2.44. The molecule has 112 valence electrons. The maximum atomic E-state index is 12.3. The molecule has 0 radical (unpaired) electrons. The van der Waals surface area contributed by atoms with Crippen LogP contribution in [-0.2, 0) is 0 Å². The lowest BCUT2D eigenvalue weighted by molar-refractivity contribution is 0.0975. The Balaban J connectivity index is 2.47. The molecule has 1 aromatic carbocycles. The SMILES string of the molecule is CCCCCCCCC(=O)c1cc(C)ccc1OCC. The number of benzene rings is 1. The minimum atomic E-state index is 0.215. The second-order valence-corrected chi connectivity index (χ2v) is 5.37. The highest BCUT2D eigenvalue weighted by Crippen LogP contribution is 2.22. The topological polar surface area (TPSA) is 26.3 Å². The fourth-order valence-electron chi connectivity index (χ4n) is 2.34. The van der Waals surface area contributed by atoms with Crippen molar-refractivity contribution in [2.75, 3.05) is 6.61 Å². The van der Waals surface area contributed by atoms with Gasteiger partial charge in [0.15, 0.2) is 5.78 Å². The molecule has 0 heterocycles. The number of ketones is 1. The first-order valence-corrected chi connectivity index (χ1v) is 7.95. The van der Waals surface area contributed by atoms with Crippen LogP contribution in [0.1, 0.15) is 74.7 Å². The van der Waals surface area contributed by atoms with E-state index in [9.17, 15) is 4.79 Å². The summed E-state index contributed by atoms with van der Waals surface area (Å²) in [6.07, 6.45) is 7.88. The Hall–Kier alpha value is -1.31. The normalized spacial score (nSPS) is 10.6. The summed E-state index contributed by atoms with van der Waals surface area (Å²) in [4.78, 5) is 12.3. The molecule has 2 heteroatoms. The minimum absolute atomic E-state index is 0.215. The molecule has 0 amide bonds. The third kappa shape index (κ3) is 5.77. The molecular formula is C18H28O2. The van der Waals surface area contributed by atoms with Crippen molar-refractivity contribution in [2.24, 2.45) is 0 Å². The van der Waals surface area contributed by atoms with Crippen LogP contribution < -0.4 is 4.74 Å². The Morgan fingerprint density at radius 2 is 1.75 bits per heavy atom. The van der Waals surface area contributed by atoms with Crippen molar-refractivity contribution in [1.29, 1.82) is 0 Å². The van der Waals surface area contributed by atoms with Gasteiger partial charge in [-0.2, -0.15) is 0 Å². The molecule has 0 saturated heterocycles. The van der Waals surface area contributed by atoms with Crippen LogP contribution in [-0.4, -0.2) is 12.4 Å². The predicted molar refractivity (Wildman–Crippen MR) is 84.7 cm³/mol. The Bertz CT molecular complexity index is 410. The van der Waals surface area contributed by atoms with Gasteiger partial charge >= 0.3 is 0 Å². The minimum Gasteiger partial charge on any atom is -0.493 e. The summed E-state index contributed by atoms with van der Waals surface area (Å²) in [5.74, 6) is 0.946. The van der Waals surface area contributed by atoms with Crippen LogP contribution in [0.15, 0.2) is 18.2 Å². The zero-order valence-electron chi connectivity index (χ0n) is 13.2. The summed E-state index contributed by atoms with van der Waals surface area (Å²) < 4.78 is 5.55. The third-order valence-electron chi connectivity index (χ3n) is 3.49. The number of rotatable bonds is 10. The van der Waals surface area contributed by atoms with Gasteiger partial charge < -0.3 is 4.74 Å². The molecule has 1 rings (SSSR count). The monoisotopic (exact) mass is 276 g/mol. The lowest BCUT2D eigenvalue weighted by Gasteiger charge is -2.10. The largest absolute Gasteiger partial charge is 0.493 e. The molecule has 1 aromatic rings. The number of Topliss-reactive ketones (excluding diaryl/α,β-unsaturated/α-hetero) is 1. The summed E-state index contributed by atoms with van der Waals surface area (Å²) in [5.41, 5.74) is 1.86. The van der Waals surface area contributed by atoms with E-state index in [1.54, 1.807) is 0 Å². The van der Waals surface area contributed by atoms with Crippen LogP contribution in [0.3, 0.4) is 0 Å². The quantitative estimate of drug-likeness (QED) is 0.426. The van der Waals surface area contributed by atoms with Gasteiger partial charge in [-0.3, -0.25) is 4.79 Å². The summed E-state index contributed by atoms with van der Waals surface area (Å²) in [7, 11) is 0. The van der Waals surface area contributed by atoms with E-state index in [1.807, 2.05) is 32.0 Å². The maximum Gasteiger partial charge on any atom is 0.166 e. The Morgan fingerprint density at radius 1 is 1.05 bits per heavy atom. The van der Waals surface area contributed by atoms with Gasteiger partial charge in [-0.15, -0.1) is 0 Å². The van der Waals surface area contributed by atoms with Gasteiger partial charge in [-0.25, -0.2) is 0 Å². The van der Waals surface area contributed by atoms with Crippen LogP contribution in [0.5, 0.6) is 5.75 Å². The first-order chi connectivity index (χ1) is 9.69. The fraction of sp³-hybridized carbons (Fsp3) is 0.611. The smallest absolute Gasteiger partial charge is 0.166 e. The first-order valence-electron chi connectivity index (χ1n) is 7.95. The van der Waals surface area contributed by atoms with Crippen molar-refractivity contribution in [3.63, 3.8) is 0 Å². The first kappa shape index (κ1) is 16.7. The molecule has 0 aliphatic carbocycles. The molecule has 0 spiro atoms. The van der Waals surface area contributed by atoms with Crippen LogP contribution in [0, 0.1) is 6.92 Å². The van der Waals surface area contributed by atoms with Crippen molar-refractivity contribution in [1.82, 2.24) is 0 Å². The second-order valence-electron chi connectivity index (χ2n) is 5.37. The summed E-state index contributed by atoms with van der Waals surface area (Å²) in [6, 6.07) is 5.85. The van der Waals surface area contributed by atoms with Crippen molar-refractivity contribution >= 4 is 5.78 Å². The summed E-state index contributed by atoms with van der Waals surface area (Å²) >= 11 is 0. The molecule has 0 aliphatic heterocycles. The Kier molecular flexibility index (Phi) is 8.01. The van der Waals surface area contributed by atoms with Gasteiger partial charge in [0, 0.05) is 6.42 Å². The zero-order valence-corrected chi connectivity index (χ0v) is 13.2. The molecule has 20 heavy (non-hydrogen) atoms. The number of hydrogen-bond acceptors (Lipinski definition) is 2. The van der Waals surface area contributed by atoms with Gasteiger partial charge in [-0.05, 0) is 32.4 Å². The Morgan fingerprint density at radius 3 is 2.45 bits per heavy atom. The maximum absolute atomic E-state index is 12.3. The number of unbranched alkanes of at least 4 members (excludes halogenated alkanes) is 5. The van der Waals surface area contributed by atoms with Gasteiger partial charge in [-0.1, -0.05) is 50.7 Å². The van der Waals surface area contributed by atoms with E-state index in [1.165, 1.54) is 25.7 Å². The van der Waals surface area contributed by atoms with Gasteiger partial charge in [0.2, 0.25) is 0 Å². The standard InChI is InChI=1S/C18H28O2/c1-4-6-7-8-9-10-11-17(19)16-14-15(3)12-13-18(16)20-5-2/h12-14H,4-11H2,1-3H3. The molecule has 0 N–H and O–H groups in total. The van der Waals surface area contributed by atoms with Crippen LogP contribution >= 0.6 is 0 Å². The van der Waals surface area contributed by atoms with E-state index < -0.39 is 0 Å². The third-order valence-corrected chi connectivity index (χ3v) is 3.49. The highest BCUT2D eigenvalue weighted by molar-refractivity contribution is 5.98. The summed E-state index contributed by atoms with van der Waals surface area (Å²) in [6.45, 7) is 6.77. The van der Waals surface area contributed by atoms with Crippen LogP contribution in [0.4, 0.5) is 0 Å². The fourth-order valence-corrected chi connectivity index (χ4v) is 2.34. The molecule has 0 saturated carbocycles. The Labute approximate surface area is 123 Å². The second kappa shape index (κ2) is 9.57. The van der Waals surface area contributed by atoms with Gasteiger partial charge in [0.05, 0.1) is 12.2 Å². The average molecular weight is 276 g/mol. The number of carbonyl (C=O) groups is 1. The molecule has 0 aliphatic rings. The molecule has 0 unspecified atom stereocenters. The number of hydrogen-bond donors (Lipinski definition) is 0. The van der Waals surface area contributed by atoms with E-state index >= 15 is 0 Å². The number of carbonyl (C=O) groups excluding carboxylic acids is 1. The zero-order chi connectivity index (χ0) is 14.8. The summed E-state index contributed by atoms with van der Waals surface area (Å²) in [5, 5.41) is 0. The van der Waals surface area contributed by atoms with Crippen molar-refractivity contribution in [3.05, 3.63) is 29.3 Å². The molecule has 0 aromatic heterocycles. The van der Waals surface area contributed by atoms with Crippen molar-refractivity contribution in [2.45, 2.75) is 65.7 Å². The predicted octanol–water partition coefficient (Wildman–Crippen LogP) is 5.33. The van der Waals surface area contributed by atoms with E-state index in [0.717, 1.165) is 29.7 Å². The number of aryl methyl sites for hydroxylation is 1. The van der Waals surface area contributed by atoms with Crippen molar-refractivity contribution < 1.29 is 9.53 Å². The molecular weight excluding hydrogens is 248 g/mol.